The number of hydrogen-bond acceptors (Lipinski definition) is 1. The molecule has 0 saturated carbocycles. The van der Waals surface area contributed by atoms with Crippen LogP contribution in [0.25, 0.3) is 0 Å². The molecule has 14 heavy (non-hydrogen) atoms. The highest BCUT2D eigenvalue weighted by molar-refractivity contribution is 6.31. The maximum atomic E-state index is 13.1. The highest BCUT2D eigenvalue weighted by atomic mass is 35.5. The summed E-state index contributed by atoms with van der Waals surface area (Å²) in [6.07, 6.45) is -0.416. The Hall–Kier alpha value is -0.900. The summed E-state index contributed by atoms with van der Waals surface area (Å²) in [6.45, 7) is 3.19. The fraction of sp³-hybridized carbons (Fsp3) is 0.333. The van der Waals surface area contributed by atoms with Crippen LogP contribution >= 0.6 is 11.6 Å². The third-order valence-corrected chi connectivity index (χ3v) is 1.77. The molecule has 0 spiro atoms. The zero-order valence-corrected chi connectivity index (χ0v) is 8.33. The maximum Gasteiger partial charge on any atom is 0.192 e. The van der Waals surface area contributed by atoms with Crippen LogP contribution in [0.2, 0.25) is 5.02 Å². The smallest absolute Gasteiger partial charge is 0.192 e. The number of hydrogen-bond donors (Lipinski definition) is 0. The molecule has 0 saturated heterocycles. The molecule has 0 heterocycles. The fourth-order valence-corrected chi connectivity index (χ4v) is 1.03. The van der Waals surface area contributed by atoms with E-state index in [1.165, 1.54) is 0 Å². The van der Waals surface area contributed by atoms with Crippen LogP contribution in [0.4, 0.5) is 13.2 Å². The van der Waals surface area contributed by atoms with E-state index in [9.17, 15) is 13.2 Å². The van der Waals surface area contributed by atoms with Gasteiger partial charge in [-0.1, -0.05) is 11.6 Å². The van der Waals surface area contributed by atoms with Crippen molar-refractivity contribution in [3.63, 3.8) is 0 Å². The number of halogens is 4. The van der Waals surface area contributed by atoms with E-state index < -0.39 is 34.3 Å². The quantitative estimate of drug-likeness (QED) is 0.552. The Kier molecular flexibility index (Phi) is 3.26. The molecule has 0 aromatic heterocycles. The Morgan fingerprint density at radius 3 is 2.29 bits per heavy atom. The summed E-state index contributed by atoms with van der Waals surface area (Å²) in [5.41, 5.74) is 0. The molecule has 0 aliphatic rings. The van der Waals surface area contributed by atoms with Gasteiger partial charge >= 0.3 is 0 Å². The van der Waals surface area contributed by atoms with Gasteiger partial charge in [0.1, 0.15) is 10.8 Å². The SMILES string of the molecule is CC(C)Oc1c(F)cc(F)c(Cl)c1F. The van der Waals surface area contributed by atoms with Crippen LogP contribution in [0.1, 0.15) is 13.8 Å². The van der Waals surface area contributed by atoms with Gasteiger partial charge in [0.15, 0.2) is 17.4 Å². The summed E-state index contributed by atoms with van der Waals surface area (Å²) < 4.78 is 43.6. The lowest BCUT2D eigenvalue weighted by molar-refractivity contribution is 0.218. The molecule has 0 amide bonds. The molecule has 5 heteroatoms. The van der Waals surface area contributed by atoms with Crippen LogP contribution in [0.5, 0.6) is 5.75 Å². The minimum atomic E-state index is -1.21. The van der Waals surface area contributed by atoms with Crippen LogP contribution in [0.3, 0.4) is 0 Å². The summed E-state index contributed by atoms with van der Waals surface area (Å²) in [5.74, 6) is -4.10. The first-order valence-corrected chi connectivity index (χ1v) is 4.31. The average Bonchev–Trinajstić information content (AvgIpc) is 2.09. The van der Waals surface area contributed by atoms with Crippen molar-refractivity contribution in [3.05, 3.63) is 28.5 Å². The molecule has 1 aromatic carbocycles. The van der Waals surface area contributed by atoms with Crippen molar-refractivity contribution in [1.29, 1.82) is 0 Å². The molecular formula is C9H8ClF3O. The molecule has 0 aliphatic heterocycles. The molecule has 0 unspecified atom stereocenters. The van der Waals surface area contributed by atoms with Gasteiger partial charge in [-0.15, -0.1) is 0 Å². The van der Waals surface area contributed by atoms with Gasteiger partial charge in [-0.05, 0) is 13.8 Å². The van der Waals surface area contributed by atoms with Crippen molar-refractivity contribution in [3.8, 4) is 5.75 Å². The van der Waals surface area contributed by atoms with Gasteiger partial charge in [0.05, 0.1) is 6.10 Å². The average molecular weight is 225 g/mol. The first kappa shape index (κ1) is 11.2. The Morgan fingerprint density at radius 2 is 1.79 bits per heavy atom. The minimum absolute atomic E-state index is 0.416. The van der Waals surface area contributed by atoms with E-state index in [2.05, 4.69) is 0 Å². The fourth-order valence-electron chi connectivity index (χ4n) is 0.893. The zero-order valence-electron chi connectivity index (χ0n) is 7.57. The van der Waals surface area contributed by atoms with Crippen LogP contribution in [-0.2, 0) is 0 Å². The van der Waals surface area contributed by atoms with Crippen LogP contribution in [-0.4, -0.2) is 6.10 Å². The predicted octanol–water partition coefficient (Wildman–Crippen LogP) is 3.54. The van der Waals surface area contributed by atoms with Crippen molar-refractivity contribution < 1.29 is 17.9 Å². The predicted molar refractivity (Wildman–Crippen MR) is 47.1 cm³/mol. The van der Waals surface area contributed by atoms with Crippen molar-refractivity contribution in [2.45, 2.75) is 20.0 Å². The number of benzene rings is 1. The molecule has 0 atom stereocenters. The van der Waals surface area contributed by atoms with E-state index in [0.717, 1.165) is 0 Å². The third kappa shape index (κ3) is 2.12. The topological polar surface area (TPSA) is 9.23 Å². The van der Waals surface area contributed by atoms with E-state index in [1.807, 2.05) is 0 Å². The molecule has 1 rings (SSSR count). The Morgan fingerprint density at radius 1 is 1.21 bits per heavy atom. The van der Waals surface area contributed by atoms with E-state index in [-0.39, 0.29) is 0 Å². The molecule has 1 nitrogen and oxygen atoms in total. The monoisotopic (exact) mass is 224 g/mol. The van der Waals surface area contributed by atoms with E-state index in [0.29, 0.717) is 6.07 Å². The summed E-state index contributed by atoms with van der Waals surface area (Å²) in [5, 5.41) is -0.762. The van der Waals surface area contributed by atoms with E-state index in [4.69, 9.17) is 16.3 Å². The summed E-state index contributed by atoms with van der Waals surface area (Å²) in [7, 11) is 0. The molecule has 0 bridgehead atoms. The molecule has 0 fully saturated rings. The highest BCUT2D eigenvalue weighted by Crippen LogP contribution is 2.30. The lowest BCUT2D eigenvalue weighted by Crippen LogP contribution is -2.09. The first-order chi connectivity index (χ1) is 6.43. The second-order valence-corrected chi connectivity index (χ2v) is 3.34. The number of rotatable bonds is 2. The lowest BCUT2D eigenvalue weighted by Gasteiger charge is -2.12. The summed E-state index contributed by atoms with van der Waals surface area (Å²) in [6, 6.07) is 0.489. The van der Waals surface area contributed by atoms with Crippen LogP contribution < -0.4 is 4.74 Å². The van der Waals surface area contributed by atoms with Crippen molar-refractivity contribution >= 4 is 11.6 Å². The maximum absolute atomic E-state index is 13.1. The van der Waals surface area contributed by atoms with Gasteiger partial charge < -0.3 is 4.74 Å². The van der Waals surface area contributed by atoms with Crippen LogP contribution in [0.15, 0.2) is 6.07 Å². The number of ether oxygens (including phenoxy) is 1. The van der Waals surface area contributed by atoms with Gasteiger partial charge in [-0.2, -0.15) is 0 Å². The molecule has 78 valence electrons. The Balaban J connectivity index is 3.22. The van der Waals surface area contributed by atoms with Gasteiger partial charge in [0, 0.05) is 6.07 Å². The zero-order chi connectivity index (χ0) is 10.9. The van der Waals surface area contributed by atoms with Gasteiger partial charge in [-0.3, -0.25) is 0 Å². The molecule has 0 aliphatic carbocycles. The summed E-state index contributed by atoms with van der Waals surface area (Å²) in [4.78, 5) is 0. The molecule has 1 aromatic rings. The van der Waals surface area contributed by atoms with Crippen molar-refractivity contribution in [2.24, 2.45) is 0 Å². The second kappa shape index (κ2) is 4.09. The van der Waals surface area contributed by atoms with E-state index >= 15 is 0 Å². The normalized spacial score (nSPS) is 10.8. The second-order valence-electron chi connectivity index (χ2n) is 2.96. The van der Waals surface area contributed by atoms with Gasteiger partial charge in [-0.25, -0.2) is 13.2 Å². The van der Waals surface area contributed by atoms with E-state index in [1.54, 1.807) is 13.8 Å². The first-order valence-electron chi connectivity index (χ1n) is 3.93. The van der Waals surface area contributed by atoms with Crippen LogP contribution in [0, 0.1) is 17.5 Å². The molecular weight excluding hydrogens is 217 g/mol. The standard InChI is InChI=1S/C9H8ClF3O/c1-4(2)14-9-6(12)3-5(11)7(10)8(9)13/h3-4H,1-2H3. The Bertz CT molecular complexity index is 352. The highest BCUT2D eigenvalue weighted by Gasteiger charge is 2.19. The van der Waals surface area contributed by atoms with Gasteiger partial charge in [0.2, 0.25) is 0 Å². The van der Waals surface area contributed by atoms with Gasteiger partial charge in [0.25, 0.3) is 0 Å². The van der Waals surface area contributed by atoms with Crippen molar-refractivity contribution in [2.75, 3.05) is 0 Å². The largest absolute Gasteiger partial charge is 0.485 e. The lowest BCUT2D eigenvalue weighted by atomic mass is 10.3. The molecule has 0 N–H and O–H groups in total. The summed E-state index contributed by atoms with van der Waals surface area (Å²) >= 11 is 5.24. The van der Waals surface area contributed by atoms with Crippen molar-refractivity contribution in [1.82, 2.24) is 0 Å². The molecule has 0 radical (unpaired) electrons. The minimum Gasteiger partial charge on any atom is -0.485 e. The third-order valence-electron chi connectivity index (χ3n) is 1.43. The Labute approximate surface area is 84.4 Å².